The highest BCUT2D eigenvalue weighted by Crippen LogP contribution is 2.24. The highest BCUT2D eigenvalue weighted by Gasteiger charge is 2.23. The van der Waals surface area contributed by atoms with E-state index in [9.17, 15) is 10.1 Å². The second-order valence-corrected chi connectivity index (χ2v) is 5.27. The fourth-order valence-electron chi connectivity index (χ4n) is 2.00. The van der Waals surface area contributed by atoms with E-state index >= 15 is 0 Å². The van der Waals surface area contributed by atoms with Gasteiger partial charge in [0.05, 0.1) is 12.2 Å². The molecule has 21 heavy (non-hydrogen) atoms. The van der Waals surface area contributed by atoms with Crippen LogP contribution in [0.3, 0.4) is 0 Å². The van der Waals surface area contributed by atoms with E-state index in [1.165, 1.54) is 0 Å². The Bertz CT molecular complexity index is 547. The number of nitrogens with one attached hydrogen (secondary N) is 1. The van der Waals surface area contributed by atoms with Crippen LogP contribution in [0.4, 0.5) is 5.69 Å². The van der Waals surface area contributed by atoms with Crippen molar-refractivity contribution in [1.82, 2.24) is 0 Å². The van der Waals surface area contributed by atoms with E-state index in [4.69, 9.17) is 9.47 Å². The minimum Gasteiger partial charge on any atom is -0.489 e. The van der Waals surface area contributed by atoms with Crippen LogP contribution in [0.2, 0.25) is 0 Å². The van der Waals surface area contributed by atoms with Crippen molar-refractivity contribution < 1.29 is 14.3 Å². The number of amides is 1. The molecule has 1 fully saturated rings. The first-order chi connectivity index (χ1) is 10.1. The number of hydrogen-bond acceptors (Lipinski definition) is 4. The van der Waals surface area contributed by atoms with Crippen LogP contribution >= 0.6 is 0 Å². The van der Waals surface area contributed by atoms with Crippen LogP contribution in [0, 0.1) is 17.2 Å². The van der Waals surface area contributed by atoms with Crippen molar-refractivity contribution in [1.29, 1.82) is 5.26 Å². The molecule has 112 valence electrons. The van der Waals surface area contributed by atoms with Gasteiger partial charge >= 0.3 is 0 Å². The Morgan fingerprint density at radius 3 is 3.00 bits per heavy atom. The van der Waals surface area contributed by atoms with Gasteiger partial charge in [0.2, 0.25) is 5.91 Å². The van der Waals surface area contributed by atoms with Gasteiger partial charge in [-0.1, -0.05) is 20.3 Å². The minimum absolute atomic E-state index is 0.0270. The molecule has 2 unspecified atom stereocenters. The summed E-state index contributed by atoms with van der Waals surface area (Å²) in [7, 11) is 0. The van der Waals surface area contributed by atoms with Crippen LogP contribution in [-0.4, -0.2) is 25.2 Å². The second-order valence-electron chi connectivity index (χ2n) is 5.27. The SMILES string of the molecule is CCCC(C)C(=O)Nc1ccc(OCC2CO2)c(C#N)c1. The maximum absolute atomic E-state index is 12.0. The summed E-state index contributed by atoms with van der Waals surface area (Å²) in [5.41, 5.74) is 1.03. The van der Waals surface area contributed by atoms with Crippen LogP contribution in [0.15, 0.2) is 18.2 Å². The van der Waals surface area contributed by atoms with Gasteiger partial charge in [0, 0.05) is 11.6 Å². The molecule has 0 spiro atoms. The summed E-state index contributed by atoms with van der Waals surface area (Å²) in [5.74, 6) is 0.455. The van der Waals surface area contributed by atoms with Gasteiger partial charge in [-0.2, -0.15) is 5.26 Å². The number of nitriles is 1. The monoisotopic (exact) mass is 288 g/mol. The lowest BCUT2D eigenvalue weighted by molar-refractivity contribution is -0.119. The molecule has 0 radical (unpaired) electrons. The summed E-state index contributed by atoms with van der Waals surface area (Å²) in [5, 5.41) is 12.0. The number of nitrogens with zero attached hydrogens (tertiary/aromatic N) is 1. The lowest BCUT2D eigenvalue weighted by atomic mass is 10.1. The molecule has 1 aromatic rings. The molecule has 0 aliphatic carbocycles. The smallest absolute Gasteiger partial charge is 0.227 e. The Morgan fingerprint density at radius 1 is 1.62 bits per heavy atom. The quantitative estimate of drug-likeness (QED) is 0.783. The van der Waals surface area contributed by atoms with Crippen molar-refractivity contribution in [3.8, 4) is 11.8 Å². The first kappa shape index (κ1) is 15.3. The van der Waals surface area contributed by atoms with Crippen molar-refractivity contribution in [3.63, 3.8) is 0 Å². The molecule has 5 heteroatoms. The summed E-state index contributed by atoms with van der Waals surface area (Å²) in [6.45, 7) is 5.11. The third-order valence-electron chi connectivity index (χ3n) is 3.36. The molecule has 0 bridgehead atoms. The maximum atomic E-state index is 12.0. The molecule has 1 heterocycles. The van der Waals surface area contributed by atoms with Crippen molar-refractivity contribution in [2.24, 2.45) is 5.92 Å². The van der Waals surface area contributed by atoms with Gasteiger partial charge in [0.1, 0.15) is 24.5 Å². The molecule has 1 N–H and O–H groups in total. The second kappa shape index (κ2) is 7.09. The van der Waals surface area contributed by atoms with E-state index in [2.05, 4.69) is 11.4 Å². The lowest BCUT2D eigenvalue weighted by Crippen LogP contribution is -2.20. The van der Waals surface area contributed by atoms with Crippen LogP contribution in [0.1, 0.15) is 32.3 Å². The van der Waals surface area contributed by atoms with Gasteiger partial charge in [-0.3, -0.25) is 4.79 Å². The van der Waals surface area contributed by atoms with E-state index in [1.54, 1.807) is 18.2 Å². The fourth-order valence-corrected chi connectivity index (χ4v) is 2.00. The number of benzene rings is 1. The lowest BCUT2D eigenvalue weighted by Gasteiger charge is -2.12. The third-order valence-corrected chi connectivity index (χ3v) is 3.36. The van der Waals surface area contributed by atoms with E-state index in [1.807, 2.05) is 13.8 Å². The molecular formula is C16H20N2O3. The topological polar surface area (TPSA) is 74.7 Å². The molecule has 5 nitrogen and oxygen atoms in total. The van der Waals surface area contributed by atoms with E-state index < -0.39 is 0 Å². The van der Waals surface area contributed by atoms with Crippen molar-refractivity contribution in [2.75, 3.05) is 18.5 Å². The number of epoxide rings is 1. The first-order valence-electron chi connectivity index (χ1n) is 7.23. The summed E-state index contributed by atoms with van der Waals surface area (Å²) >= 11 is 0. The van der Waals surface area contributed by atoms with E-state index in [0.29, 0.717) is 30.2 Å². The Morgan fingerprint density at radius 2 is 2.38 bits per heavy atom. The summed E-state index contributed by atoms with van der Waals surface area (Å²) in [4.78, 5) is 12.0. The molecule has 1 saturated heterocycles. The zero-order chi connectivity index (χ0) is 15.2. The predicted octanol–water partition coefficient (Wildman–Crippen LogP) is 2.71. The van der Waals surface area contributed by atoms with Crippen molar-refractivity contribution >= 4 is 11.6 Å². The maximum Gasteiger partial charge on any atom is 0.227 e. The Hall–Kier alpha value is -2.06. The third kappa shape index (κ3) is 4.47. The van der Waals surface area contributed by atoms with Gasteiger partial charge in [0.25, 0.3) is 0 Å². The average molecular weight is 288 g/mol. The zero-order valence-corrected chi connectivity index (χ0v) is 12.4. The van der Waals surface area contributed by atoms with Crippen LogP contribution in [0.5, 0.6) is 5.75 Å². The molecule has 1 amide bonds. The summed E-state index contributed by atoms with van der Waals surface area (Å²) in [6.07, 6.45) is 1.96. The number of anilines is 1. The Labute approximate surface area is 124 Å². The predicted molar refractivity (Wildman–Crippen MR) is 79.1 cm³/mol. The fraction of sp³-hybridized carbons (Fsp3) is 0.500. The molecule has 0 saturated carbocycles. The van der Waals surface area contributed by atoms with Gasteiger partial charge in [0.15, 0.2) is 0 Å². The number of hydrogen-bond donors (Lipinski definition) is 1. The van der Waals surface area contributed by atoms with Crippen LogP contribution in [-0.2, 0) is 9.53 Å². The summed E-state index contributed by atoms with van der Waals surface area (Å²) in [6, 6.07) is 7.19. The molecule has 0 aromatic heterocycles. The van der Waals surface area contributed by atoms with Crippen molar-refractivity contribution in [2.45, 2.75) is 32.8 Å². The summed E-state index contributed by atoms with van der Waals surface area (Å²) < 4.78 is 10.6. The highest BCUT2D eigenvalue weighted by atomic mass is 16.6. The normalized spacial score (nSPS) is 17.7. The average Bonchev–Trinajstić information content (AvgIpc) is 3.30. The first-order valence-corrected chi connectivity index (χ1v) is 7.23. The number of carbonyl (C=O) groups excluding carboxylic acids is 1. The highest BCUT2D eigenvalue weighted by molar-refractivity contribution is 5.92. The molecule has 1 aliphatic heterocycles. The van der Waals surface area contributed by atoms with Gasteiger partial charge in [-0.05, 0) is 24.6 Å². The Kier molecular flexibility index (Phi) is 5.18. The number of ether oxygens (including phenoxy) is 2. The molecule has 2 rings (SSSR count). The molecule has 1 aromatic carbocycles. The van der Waals surface area contributed by atoms with Gasteiger partial charge < -0.3 is 14.8 Å². The zero-order valence-electron chi connectivity index (χ0n) is 12.4. The number of carbonyl (C=O) groups is 1. The van der Waals surface area contributed by atoms with Crippen LogP contribution < -0.4 is 10.1 Å². The Balaban J connectivity index is 2.00. The number of rotatable bonds is 7. The minimum atomic E-state index is -0.0384. The van der Waals surface area contributed by atoms with Gasteiger partial charge in [-0.15, -0.1) is 0 Å². The van der Waals surface area contributed by atoms with E-state index in [0.717, 1.165) is 12.8 Å². The van der Waals surface area contributed by atoms with Gasteiger partial charge in [-0.25, -0.2) is 0 Å². The van der Waals surface area contributed by atoms with Crippen LogP contribution in [0.25, 0.3) is 0 Å². The van der Waals surface area contributed by atoms with E-state index in [-0.39, 0.29) is 17.9 Å². The molecule has 2 atom stereocenters. The standard InChI is InChI=1S/C16H20N2O3/c1-3-4-11(2)16(19)18-13-5-6-15(12(7-13)8-17)21-10-14-9-20-14/h5-7,11,14H,3-4,9-10H2,1-2H3,(H,18,19). The molecular weight excluding hydrogens is 268 g/mol. The molecule has 1 aliphatic rings. The van der Waals surface area contributed by atoms with Crippen molar-refractivity contribution in [3.05, 3.63) is 23.8 Å². The largest absolute Gasteiger partial charge is 0.489 e.